The van der Waals surface area contributed by atoms with Gasteiger partial charge in [-0.3, -0.25) is 4.79 Å². The van der Waals surface area contributed by atoms with Crippen molar-refractivity contribution >= 4 is 33.1 Å². The number of pyridine rings is 1. The van der Waals surface area contributed by atoms with Crippen LogP contribution in [0.15, 0.2) is 12.3 Å². The predicted octanol–water partition coefficient (Wildman–Crippen LogP) is 1.83. The number of fused-ring (bicyclic) bond motifs is 1. The molecule has 0 aromatic carbocycles. The van der Waals surface area contributed by atoms with Gasteiger partial charge in [0.1, 0.15) is 9.71 Å². The number of nitrogens with one attached hydrogen (secondary N) is 1. The number of nitrogens with two attached hydrogens (primary N) is 1. The maximum absolute atomic E-state index is 12.4. The molecule has 1 aliphatic carbocycles. The lowest BCUT2D eigenvalue weighted by molar-refractivity contribution is 0.0646. The Kier molecular flexibility index (Phi) is 3.14. The lowest BCUT2D eigenvalue weighted by atomic mass is 9.77. The van der Waals surface area contributed by atoms with Crippen molar-refractivity contribution in [2.75, 3.05) is 12.3 Å². The molecule has 1 saturated carbocycles. The number of aliphatic hydroxyl groups excluding tert-OH is 1. The molecule has 20 heavy (non-hydrogen) atoms. The summed E-state index contributed by atoms with van der Waals surface area (Å²) < 4.78 is 0. The number of aromatic nitrogens is 1. The minimum atomic E-state index is -0.456. The maximum atomic E-state index is 12.4. The van der Waals surface area contributed by atoms with Crippen LogP contribution in [0.5, 0.6) is 0 Å². The molecule has 0 spiro atoms. The molecule has 0 unspecified atom stereocenters. The number of nitrogen functional groups attached to an aromatic ring is 1. The van der Waals surface area contributed by atoms with Gasteiger partial charge in [-0.25, -0.2) is 4.98 Å². The number of carbonyl (C=O) groups is 1. The quantitative estimate of drug-likeness (QED) is 0.805. The SMILES string of the molecule is Cc1ccnc2sc(C(=O)NC3(CO)CCC3)c(N)c12. The van der Waals surface area contributed by atoms with Crippen LogP contribution in [0.3, 0.4) is 0 Å². The van der Waals surface area contributed by atoms with Crippen LogP contribution in [0, 0.1) is 6.92 Å². The summed E-state index contributed by atoms with van der Waals surface area (Å²) in [7, 11) is 0. The van der Waals surface area contributed by atoms with E-state index < -0.39 is 5.54 Å². The van der Waals surface area contributed by atoms with Crippen LogP contribution in [0.2, 0.25) is 0 Å². The van der Waals surface area contributed by atoms with Gasteiger partial charge in [0, 0.05) is 11.6 Å². The fourth-order valence-corrected chi connectivity index (χ4v) is 3.63. The molecule has 106 valence electrons. The molecule has 0 bridgehead atoms. The Bertz CT molecular complexity index is 671. The standard InChI is InChI=1S/C14H17N3O2S/c1-8-3-6-16-13-9(8)10(15)11(20-13)12(19)17-14(7-18)4-2-5-14/h3,6,18H,2,4-5,7,15H2,1H3,(H,17,19). The highest BCUT2D eigenvalue weighted by Gasteiger charge is 2.38. The Hall–Kier alpha value is -1.66. The molecule has 6 heteroatoms. The number of hydrogen-bond donors (Lipinski definition) is 3. The van der Waals surface area contributed by atoms with Crippen molar-refractivity contribution in [3.63, 3.8) is 0 Å². The Morgan fingerprint density at radius 3 is 2.90 bits per heavy atom. The Morgan fingerprint density at radius 1 is 1.60 bits per heavy atom. The molecule has 2 heterocycles. The lowest BCUT2D eigenvalue weighted by Gasteiger charge is -2.40. The van der Waals surface area contributed by atoms with E-state index in [0.717, 1.165) is 35.0 Å². The summed E-state index contributed by atoms with van der Waals surface area (Å²) in [6, 6.07) is 1.88. The first-order valence-corrected chi connectivity index (χ1v) is 7.45. The minimum absolute atomic E-state index is 0.0270. The van der Waals surface area contributed by atoms with E-state index in [-0.39, 0.29) is 12.5 Å². The number of rotatable bonds is 3. The monoisotopic (exact) mass is 291 g/mol. The average Bonchev–Trinajstić information content (AvgIpc) is 2.72. The Morgan fingerprint density at radius 2 is 2.35 bits per heavy atom. The second-order valence-electron chi connectivity index (χ2n) is 5.40. The zero-order chi connectivity index (χ0) is 14.3. The van der Waals surface area contributed by atoms with Gasteiger partial charge in [0.05, 0.1) is 17.8 Å². The number of nitrogens with zero attached hydrogens (tertiary/aromatic N) is 1. The number of aliphatic hydroxyl groups is 1. The maximum Gasteiger partial charge on any atom is 0.264 e. The van der Waals surface area contributed by atoms with Gasteiger partial charge in [0.15, 0.2) is 0 Å². The van der Waals surface area contributed by atoms with E-state index in [4.69, 9.17) is 5.73 Å². The molecule has 1 aliphatic rings. The smallest absolute Gasteiger partial charge is 0.264 e. The third kappa shape index (κ3) is 1.96. The molecule has 0 saturated heterocycles. The molecule has 4 N–H and O–H groups in total. The molecule has 0 atom stereocenters. The van der Waals surface area contributed by atoms with Crippen LogP contribution in [0.1, 0.15) is 34.5 Å². The van der Waals surface area contributed by atoms with E-state index in [1.54, 1.807) is 6.20 Å². The van der Waals surface area contributed by atoms with Crippen molar-refractivity contribution in [3.8, 4) is 0 Å². The van der Waals surface area contributed by atoms with Gasteiger partial charge in [-0.15, -0.1) is 11.3 Å². The molecular formula is C14H17N3O2S. The molecule has 2 aromatic heterocycles. The second kappa shape index (κ2) is 4.71. The summed E-state index contributed by atoms with van der Waals surface area (Å²) in [5, 5.41) is 13.2. The van der Waals surface area contributed by atoms with Gasteiger partial charge in [-0.05, 0) is 37.8 Å². The summed E-state index contributed by atoms with van der Waals surface area (Å²) in [5.41, 5.74) is 7.15. The Labute approximate surface area is 120 Å². The first-order valence-electron chi connectivity index (χ1n) is 6.63. The lowest BCUT2D eigenvalue weighted by Crippen LogP contribution is -2.56. The topological polar surface area (TPSA) is 88.2 Å². The van der Waals surface area contributed by atoms with Crippen molar-refractivity contribution < 1.29 is 9.90 Å². The van der Waals surface area contributed by atoms with Gasteiger partial charge in [-0.1, -0.05) is 0 Å². The highest BCUT2D eigenvalue weighted by atomic mass is 32.1. The van der Waals surface area contributed by atoms with Gasteiger partial charge in [-0.2, -0.15) is 0 Å². The zero-order valence-electron chi connectivity index (χ0n) is 11.3. The molecule has 3 rings (SSSR count). The van der Waals surface area contributed by atoms with Gasteiger partial charge in [0.2, 0.25) is 0 Å². The van der Waals surface area contributed by atoms with Gasteiger partial charge < -0.3 is 16.2 Å². The van der Waals surface area contributed by atoms with Crippen molar-refractivity contribution in [3.05, 3.63) is 22.7 Å². The predicted molar refractivity (Wildman–Crippen MR) is 79.9 cm³/mol. The molecule has 0 radical (unpaired) electrons. The van der Waals surface area contributed by atoms with Crippen molar-refractivity contribution in [1.29, 1.82) is 0 Å². The number of aryl methyl sites for hydroxylation is 1. The van der Waals surface area contributed by atoms with E-state index in [1.165, 1.54) is 11.3 Å². The molecule has 1 amide bonds. The van der Waals surface area contributed by atoms with Crippen molar-refractivity contribution in [1.82, 2.24) is 10.3 Å². The summed E-state index contributed by atoms with van der Waals surface area (Å²) >= 11 is 1.30. The number of carbonyl (C=O) groups excluding carboxylic acids is 1. The summed E-state index contributed by atoms with van der Waals surface area (Å²) in [6.45, 7) is 1.93. The van der Waals surface area contributed by atoms with Crippen LogP contribution in [-0.2, 0) is 0 Å². The fraction of sp³-hybridized carbons (Fsp3) is 0.429. The first kappa shape index (κ1) is 13.3. The minimum Gasteiger partial charge on any atom is -0.397 e. The van der Waals surface area contributed by atoms with E-state index in [0.29, 0.717) is 10.6 Å². The molecule has 1 fully saturated rings. The van der Waals surface area contributed by atoms with E-state index in [2.05, 4.69) is 10.3 Å². The summed E-state index contributed by atoms with van der Waals surface area (Å²) in [4.78, 5) is 17.9. The number of amides is 1. The van der Waals surface area contributed by atoms with Crippen molar-refractivity contribution in [2.24, 2.45) is 0 Å². The zero-order valence-corrected chi connectivity index (χ0v) is 12.1. The Balaban J connectivity index is 1.96. The highest BCUT2D eigenvalue weighted by Crippen LogP contribution is 2.36. The number of anilines is 1. The third-order valence-electron chi connectivity index (χ3n) is 4.04. The normalized spacial score (nSPS) is 16.9. The van der Waals surface area contributed by atoms with Gasteiger partial charge >= 0.3 is 0 Å². The largest absolute Gasteiger partial charge is 0.397 e. The van der Waals surface area contributed by atoms with Crippen LogP contribution in [0.4, 0.5) is 5.69 Å². The van der Waals surface area contributed by atoms with Crippen LogP contribution in [-0.4, -0.2) is 28.1 Å². The first-order chi connectivity index (χ1) is 9.56. The van der Waals surface area contributed by atoms with E-state index >= 15 is 0 Å². The molecule has 2 aromatic rings. The third-order valence-corrected chi connectivity index (χ3v) is 5.15. The van der Waals surface area contributed by atoms with E-state index in [1.807, 2.05) is 13.0 Å². The number of hydrogen-bond acceptors (Lipinski definition) is 5. The fourth-order valence-electron chi connectivity index (χ4n) is 2.60. The van der Waals surface area contributed by atoms with Crippen LogP contribution in [0.25, 0.3) is 10.2 Å². The highest BCUT2D eigenvalue weighted by molar-refractivity contribution is 7.21. The van der Waals surface area contributed by atoms with E-state index in [9.17, 15) is 9.90 Å². The molecular weight excluding hydrogens is 274 g/mol. The summed E-state index contributed by atoms with van der Waals surface area (Å²) in [5.74, 6) is -0.210. The van der Waals surface area contributed by atoms with Gasteiger partial charge in [0.25, 0.3) is 5.91 Å². The molecule has 5 nitrogen and oxygen atoms in total. The van der Waals surface area contributed by atoms with Crippen LogP contribution < -0.4 is 11.1 Å². The summed E-state index contributed by atoms with van der Waals surface area (Å²) in [6.07, 6.45) is 4.38. The average molecular weight is 291 g/mol. The van der Waals surface area contributed by atoms with Crippen molar-refractivity contribution in [2.45, 2.75) is 31.7 Å². The molecule has 0 aliphatic heterocycles. The van der Waals surface area contributed by atoms with Crippen LogP contribution >= 0.6 is 11.3 Å². The second-order valence-corrected chi connectivity index (χ2v) is 6.40. The number of thiophene rings is 1.